The van der Waals surface area contributed by atoms with E-state index in [1.165, 1.54) is 18.4 Å². The first-order valence-corrected chi connectivity index (χ1v) is 7.50. The number of hydrogen-bond donors (Lipinski definition) is 2. The smallest absolute Gasteiger partial charge is 0.258 e. The van der Waals surface area contributed by atoms with Gasteiger partial charge in [0.05, 0.1) is 12.8 Å². The molecule has 0 bridgehead atoms. The number of nitrogens with one attached hydrogen (secondary N) is 1. The van der Waals surface area contributed by atoms with Crippen molar-refractivity contribution in [1.29, 1.82) is 0 Å². The van der Waals surface area contributed by atoms with E-state index in [0.29, 0.717) is 5.76 Å². The summed E-state index contributed by atoms with van der Waals surface area (Å²) in [6, 6.07) is 9.27. The zero-order valence-electron chi connectivity index (χ0n) is 12.5. The maximum atomic E-state index is 13.4. The molecule has 122 valence electrons. The number of halogens is 1. The average molecular weight is 319 g/mol. The van der Waals surface area contributed by atoms with Gasteiger partial charge in [0, 0.05) is 0 Å². The van der Waals surface area contributed by atoms with Crippen LogP contribution in [0.2, 0.25) is 0 Å². The topological polar surface area (TPSA) is 71.7 Å². The van der Waals surface area contributed by atoms with Gasteiger partial charge < -0.3 is 19.6 Å². The molecular formula is C17H18FNO4. The van der Waals surface area contributed by atoms with Crippen molar-refractivity contribution in [3.05, 3.63) is 54.2 Å². The molecule has 0 saturated heterocycles. The van der Waals surface area contributed by atoms with Crippen molar-refractivity contribution in [2.45, 2.75) is 18.4 Å². The summed E-state index contributed by atoms with van der Waals surface area (Å²) in [6.07, 6.45) is 3.27. The molecule has 1 aromatic heterocycles. The van der Waals surface area contributed by atoms with Gasteiger partial charge in [-0.15, -0.1) is 0 Å². The van der Waals surface area contributed by atoms with Crippen molar-refractivity contribution >= 4 is 5.91 Å². The molecule has 1 saturated carbocycles. The standard InChI is InChI=1S/C17H18FNO4/c18-13-4-1-2-5-14(13)23-10-16(20)19-11-17(21,12-7-8-12)15-6-3-9-22-15/h1-6,9,12,21H,7-8,10-11H2,(H,19,20). The van der Waals surface area contributed by atoms with Gasteiger partial charge >= 0.3 is 0 Å². The summed E-state index contributed by atoms with van der Waals surface area (Å²) < 4.78 is 23.8. The molecule has 0 spiro atoms. The molecule has 1 aliphatic carbocycles. The van der Waals surface area contributed by atoms with Crippen LogP contribution in [0.15, 0.2) is 47.1 Å². The van der Waals surface area contributed by atoms with E-state index in [9.17, 15) is 14.3 Å². The highest BCUT2D eigenvalue weighted by Crippen LogP contribution is 2.45. The first kappa shape index (κ1) is 15.6. The molecule has 6 heteroatoms. The van der Waals surface area contributed by atoms with Crippen LogP contribution in [0.3, 0.4) is 0 Å². The van der Waals surface area contributed by atoms with E-state index in [1.54, 1.807) is 24.3 Å². The Labute approximate surface area is 133 Å². The van der Waals surface area contributed by atoms with Crippen molar-refractivity contribution in [2.75, 3.05) is 13.2 Å². The molecule has 3 rings (SSSR count). The van der Waals surface area contributed by atoms with Crippen LogP contribution in [0.4, 0.5) is 4.39 Å². The molecule has 0 radical (unpaired) electrons. The first-order valence-electron chi connectivity index (χ1n) is 7.50. The first-order chi connectivity index (χ1) is 11.1. The average Bonchev–Trinajstić information content (AvgIpc) is 3.27. The molecule has 2 aromatic rings. The fourth-order valence-corrected chi connectivity index (χ4v) is 2.51. The predicted octanol–water partition coefficient (Wildman–Crippen LogP) is 2.21. The van der Waals surface area contributed by atoms with Crippen molar-refractivity contribution in [3.8, 4) is 5.75 Å². The number of carbonyl (C=O) groups is 1. The minimum atomic E-state index is -1.21. The second kappa shape index (κ2) is 6.42. The van der Waals surface area contributed by atoms with Crippen LogP contribution >= 0.6 is 0 Å². The van der Waals surface area contributed by atoms with Gasteiger partial charge in [0.15, 0.2) is 18.2 Å². The van der Waals surface area contributed by atoms with E-state index >= 15 is 0 Å². The zero-order chi connectivity index (χ0) is 16.3. The van der Waals surface area contributed by atoms with Gasteiger partial charge in [-0.3, -0.25) is 4.79 Å². The Morgan fingerprint density at radius 3 is 2.78 bits per heavy atom. The highest BCUT2D eigenvalue weighted by Gasteiger charge is 2.47. The number of para-hydroxylation sites is 1. The lowest BCUT2D eigenvalue weighted by Gasteiger charge is -2.26. The Morgan fingerprint density at radius 2 is 2.13 bits per heavy atom. The largest absolute Gasteiger partial charge is 0.481 e. The van der Waals surface area contributed by atoms with Gasteiger partial charge in [0.1, 0.15) is 11.4 Å². The Balaban J connectivity index is 1.55. The summed E-state index contributed by atoms with van der Waals surface area (Å²) >= 11 is 0. The van der Waals surface area contributed by atoms with Gasteiger partial charge in [-0.2, -0.15) is 0 Å². The van der Waals surface area contributed by atoms with Gasteiger partial charge in [-0.05, 0) is 43.0 Å². The third-order valence-corrected chi connectivity index (χ3v) is 3.95. The number of carbonyl (C=O) groups excluding carboxylic acids is 1. The monoisotopic (exact) mass is 319 g/mol. The van der Waals surface area contributed by atoms with Crippen LogP contribution < -0.4 is 10.1 Å². The van der Waals surface area contributed by atoms with E-state index < -0.39 is 17.3 Å². The van der Waals surface area contributed by atoms with Crippen molar-refractivity contribution < 1.29 is 23.4 Å². The molecule has 0 aliphatic heterocycles. The number of benzene rings is 1. The second-order valence-electron chi connectivity index (χ2n) is 5.67. The molecule has 5 nitrogen and oxygen atoms in total. The van der Waals surface area contributed by atoms with Crippen LogP contribution in [0.1, 0.15) is 18.6 Å². The van der Waals surface area contributed by atoms with Crippen molar-refractivity contribution in [3.63, 3.8) is 0 Å². The third kappa shape index (κ3) is 3.53. The zero-order valence-corrected chi connectivity index (χ0v) is 12.5. The minimum absolute atomic E-state index is 0.0196. The molecule has 1 fully saturated rings. The summed E-state index contributed by atoms with van der Waals surface area (Å²) in [5.74, 6) is -0.424. The maximum Gasteiger partial charge on any atom is 0.258 e. The normalized spacial score (nSPS) is 16.6. The van der Waals surface area contributed by atoms with E-state index in [1.807, 2.05) is 0 Å². The number of furan rings is 1. The van der Waals surface area contributed by atoms with E-state index in [2.05, 4.69) is 5.32 Å². The summed E-state index contributed by atoms with van der Waals surface area (Å²) in [6.45, 7) is -0.287. The van der Waals surface area contributed by atoms with E-state index in [4.69, 9.17) is 9.15 Å². The molecule has 1 unspecified atom stereocenters. The fourth-order valence-electron chi connectivity index (χ4n) is 2.51. The van der Waals surface area contributed by atoms with Gasteiger partial charge in [-0.25, -0.2) is 4.39 Å². The van der Waals surface area contributed by atoms with Crippen LogP contribution in [0, 0.1) is 11.7 Å². The lowest BCUT2D eigenvalue weighted by atomic mass is 9.94. The fraction of sp³-hybridized carbons (Fsp3) is 0.353. The SMILES string of the molecule is O=C(COc1ccccc1F)NCC(O)(c1ccco1)C1CC1. The molecule has 23 heavy (non-hydrogen) atoms. The predicted molar refractivity (Wildman–Crippen MR) is 80.2 cm³/mol. The Kier molecular flexibility index (Phi) is 4.34. The molecule has 1 heterocycles. The molecule has 1 atom stereocenters. The number of aliphatic hydroxyl groups is 1. The Morgan fingerprint density at radius 1 is 1.35 bits per heavy atom. The molecule has 2 N–H and O–H groups in total. The molecule has 1 amide bonds. The quantitative estimate of drug-likeness (QED) is 0.821. The van der Waals surface area contributed by atoms with Gasteiger partial charge in [0.2, 0.25) is 0 Å². The second-order valence-corrected chi connectivity index (χ2v) is 5.67. The van der Waals surface area contributed by atoms with Crippen LogP contribution in [0.5, 0.6) is 5.75 Å². The van der Waals surface area contributed by atoms with E-state index in [0.717, 1.165) is 12.8 Å². The van der Waals surface area contributed by atoms with Crippen molar-refractivity contribution in [1.82, 2.24) is 5.32 Å². The number of rotatable bonds is 7. The van der Waals surface area contributed by atoms with Gasteiger partial charge in [0.25, 0.3) is 5.91 Å². The Bertz CT molecular complexity index is 669. The lowest BCUT2D eigenvalue weighted by Crippen LogP contribution is -2.43. The maximum absolute atomic E-state index is 13.4. The highest BCUT2D eigenvalue weighted by atomic mass is 19.1. The summed E-state index contributed by atoms with van der Waals surface area (Å²) in [4.78, 5) is 11.9. The van der Waals surface area contributed by atoms with Crippen LogP contribution in [0.25, 0.3) is 0 Å². The highest BCUT2D eigenvalue weighted by molar-refractivity contribution is 5.77. The summed E-state index contributed by atoms with van der Waals surface area (Å²) in [7, 11) is 0. The Hall–Kier alpha value is -2.34. The number of ether oxygens (including phenoxy) is 1. The minimum Gasteiger partial charge on any atom is -0.481 e. The van der Waals surface area contributed by atoms with Crippen molar-refractivity contribution in [2.24, 2.45) is 5.92 Å². The summed E-state index contributed by atoms with van der Waals surface area (Å²) in [5, 5.41) is 13.4. The third-order valence-electron chi connectivity index (χ3n) is 3.95. The summed E-state index contributed by atoms with van der Waals surface area (Å²) in [5.41, 5.74) is -1.21. The lowest BCUT2D eigenvalue weighted by molar-refractivity contribution is -0.125. The van der Waals surface area contributed by atoms with E-state index in [-0.39, 0.29) is 24.8 Å². The van der Waals surface area contributed by atoms with Gasteiger partial charge in [-0.1, -0.05) is 12.1 Å². The molecule has 1 aromatic carbocycles. The number of hydrogen-bond acceptors (Lipinski definition) is 4. The molecular weight excluding hydrogens is 301 g/mol. The van der Waals surface area contributed by atoms with Crippen LogP contribution in [-0.4, -0.2) is 24.2 Å². The van der Waals surface area contributed by atoms with Crippen LogP contribution in [-0.2, 0) is 10.4 Å². The number of amides is 1. The molecule has 1 aliphatic rings.